The van der Waals surface area contributed by atoms with Gasteiger partial charge in [-0.15, -0.1) is 0 Å². The molecule has 1 aromatic carbocycles. The molecule has 0 radical (unpaired) electrons. The van der Waals surface area contributed by atoms with Gasteiger partial charge in [-0.05, 0) is 19.4 Å². The fraction of sp³-hybridized carbons (Fsp3) is 0.400. The molecule has 0 unspecified atom stereocenters. The second-order valence-corrected chi connectivity index (χ2v) is 5.73. The topological polar surface area (TPSA) is 50.4 Å². The number of thioether (sulfide) groups is 1. The van der Waals surface area contributed by atoms with Gasteiger partial charge in [-0.3, -0.25) is 0 Å². The summed E-state index contributed by atoms with van der Waals surface area (Å²) in [4.78, 5) is 4.16. The number of guanidine groups is 1. The van der Waals surface area contributed by atoms with Gasteiger partial charge in [0.05, 0.1) is 6.54 Å². The van der Waals surface area contributed by atoms with Gasteiger partial charge in [-0.25, -0.2) is 4.99 Å². The smallest absolute Gasteiger partial charge is 0.188 e. The first kappa shape index (κ1) is 15.6. The van der Waals surface area contributed by atoms with Crippen molar-refractivity contribution in [1.29, 1.82) is 0 Å². The number of nitrogens with two attached hydrogens (primary N) is 1. The van der Waals surface area contributed by atoms with E-state index in [4.69, 9.17) is 5.73 Å². The van der Waals surface area contributed by atoms with Gasteiger partial charge in [0.15, 0.2) is 5.96 Å². The predicted octanol–water partition coefficient (Wildman–Crippen LogP) is 2.71. The molecule has 0 aliphatic carbocycles. The SMILES string of the molecule is C=C(C)CN=C(N)NCCSCc1ccc(C)cc1. The van der Waals surface area contributed by atoms with E-state index in [0.29, 0.717) is 12.5 Å². The summed E-state index contributed by atoms with van der Waals surface area (Å²) < 4.78 is 0. The first-order valence-electron chi connectivity index (χ1n) is 6.39. The molecular weight excluding hydrogens is 254 g/mol. The molecular formula is C15H23N3S. The number of nitrogens with one attached hydrogen (secondary N) is 1. The molecule has 3 N–H and O–H groups in total. The highest BCUT2D eigenvalue weighted by Gasteiger charge is 1.95. The van der Waals surface area contributed by atoms with Crippen LogP contribution in [-0.4, -0.2) is 24.8 Å². The third-order valence-electron chi connectivity index (χ3n) is 2.46. The molecule has 1 aromatic rings. The summed E-state index contributed by atoms with van der Waals surface area (Å²) in [6.07, 6.45) is 0. The average Bonchev–Trinajstić information content (AvgIpc) is 2.38. The summed E-state index contributed by atoms with van der Waals surface area (Å²) in [5.74, 6) is 2.54. The lowest BCUT2D eigenvalue weighted by molar-refractivity contribution is 0.946. The van der Waals surface area contributed by atoms with E-state index < -0.39 is 0 Å². The molecule has 0 atom stereocenters. The Morgan fingerprint density at radius 3 is 2.68 bits per heavy atom. The van der Waals surface area contributed by atoms with Gasteiger partial charge in [-0.1, -0.05) is 42.0 Å². The molecule has 104 valence electrons. The molecule has 0 heterocycles. The van der Waals surface area contributed by atoms with Crippen LogP contribution in [0.4, 0.5) is 0 Å². The molecule has 1 rings (SSSR count). The normalized spacial score (nSPS) is 11.4. The minimum Gasteiger partial charge on any atom is -0.370 e. The Balaban J connectivity index is 2.12. The largest absolute Gasteiger partial charge is 0.370 e. The van der Waals surface area contributed by atoms with E-state index in [1.54, 1.807) is 0 Å². The second kappa shape index (κ2) is 8.64. The number of benzene rings is 1. The molecule has 0 bridgehead atoms. The van der Waals surface area contributed by atoms with Crippen LogP contribution >= 0.6 is 11.8 Å². The quantitative estimate of drug-likeness (QED) is 0.349. The molecule has 0 amide bonds. The van der Waals surface area contributed by atoms with Crippen molar-refractivity contribution in [2.75, 3.05) is 18.8 Å². The van der Waals surface area contributed by atoms with E-state index in [1.807, 2.05) is 18.7 Å². The van der Waals surface area contributed by atoms with Crippen molar-refractivity contribution >= 4 is 17.7 Å². The van der Waals surface area contributed by atoms with Crippen molar-refractivity contribution in [1.82, 2.24) is 5.32 Å². The molecule has 0 aliphatic rings. The molecule has 0 aromatic heterocycles. The van der Waals surface area contributed by atoms with Gasteiger partial charge in [0.25, 0.3) is 0 Å². The van der Waals surface area contributed by atoms with Crippen LogP contribution < -0.4 is 11.1 Å². The van der Waals surface area contributed by atoms with Gasteiger partial charge in [0.1, 0.15) is 0 Å². The zero-order valence-electron chi connectivity index (χ0n) is 11.8. The number of rotatable bonds is 7. The highest BCUT2D eigenvalue weighted by molar-refractivity contribution is 7.98. The van der Waals surface area contributed by atoms with Crippen molar-refractivity contribution < 1.29 is 0 Å². The molecule has 3 nitrogen and oxygen atoms in total. The number of aryl methyl sites for hydroxylation is 1. The Hall–Kier alpha value is -1.42. The van der Waals surface area contributed by atoms with Crippen LogP contribution in [0.2, 0.25) is 0 Å². The van der Waals surface area contributed by atoms with E-state index in [1.165, 1.54) is 11.1 Å². The Labute approximate surface area is 120 Å². The molecule has 4 heteroatoms. The molecule has 19 heavy (non-hydrogen) atoms. The number of nitrogens with zero attached hydrogens (tertiary/aromatic N) is 1. The lowest BCUT2D eigenvalue weighted by Crippen LogP contribution is -2.33. The molecule has 0 spiro atoms. The molecule has 0 fully saturated rings. The van der Waals surface area contributed by atoms with Crippen LogP contribution in [0.1, 0.15) is 18.1 Å². The zero-order valence-corrected chi connectivity index (χ0v) is 12.6. The van der Waals surface area contributed by atoms with E-state index in [-0.39, 0.29) is 0 Å². The zero-order chi connectivity index (χ0) is 14.1. The molecule has 0 saturated carbocycles. The van der Waals surface area contributed by atoms with Crippen molar-refractivity contribution in [3.8, 4) is 0 Å². The van der Waals surface area contributed by atoms with E-state index in [2.05, 4.69) is 48.1 Å². The predicted molar refractivity (Wildman–Crippen MR) is 86.6 cm³/mol. The fourth-order valence-electron chi connectivity index (χ4n) is 1.40. The van der Waals surface area contributed by atoms with Gasteiger partial charge in [-0.2, -0.15) is 11.8 Å². The summed E-state index contributed by atoms with van der Waals surface area (Å²) in [6.45, 7) is 9.25. The van der Waals surface area contributed by atoms with Gasteiger partial charge in [0.2, 0.25) is 0 Å². The monoisotopic (exact) mass is 277 g/mol. The Morgan fingerprint density at radius 2 is 2.05 bits per heavy atom. The summed E-state index contributed by atoms with van der Waals surface area (Å²) in [6, 6.07) is 8.66. The average molecular weight is 277 g/mol. The van der Waals surface area contributed by atoms with E-state index >= 15 is 0 Å². The van der Waals surface area contributed by atoms with Gasteiger partial charge >= 0.3 is 0 Å². The minimum absolute atomic E-state index is 0.499. The van der Waals surface area contributed by atoms with Crippen molar-refractivity contribution in [3.63, 3.8) is 0 Å². The lowest BCUT2D eigenvalue weighted by atomic mass is 10.2. The summed E-state index contributed by atoms with van der Waals surface area (Å²) in [5, 5.41) is 3.10. The summed E-state index contributed by atoms with van der Waals surface area (Å²) in [5.41, 5.74) is 9.40. The lowest BCUT2D eigenvalue weighted by Gasteiger charge is -2.06. The van der Waals surface area contributed by atoms with E-state index in [9.17, 15) is 0 Å². The van der Waals surface area contributed by atoms with Crippen LogP contribution in [0.5, 0.6) is 0 Å². The standard InChI is InChI=1S/C15H23N3S/c1-12(2)10-18-15(16)17-8-9-19-11-14-6-4-13(3)5-7-14/h4-7H,1,8-11H2,2-3H3,(H3,16,17,18). The summed E-state index contributed by atoms with van der Waals surface area (Å²) in [7, 11) is 0. The molecule has 0 saturated heterocycles. The maximum Gasteiger partial charge on any atom is 0.188 e. The van der Waals surface area contributed by atoms with Crippen molar-refractivity contribution in [2.45, 2.75) is 19.6 Å². The maximum absolute atomic E-state index is 5.72. The Kier molecular flexibility index (Phi) is 7.11. The van der Waals surface area contributed by atoms with Gasteiger partial charge in [0, 0.05) is 18.1 Å². The Morgan fingerprint density at radius 1 is 1.37 bits per heavy atom. The van der Waals surface area contributed by atoms with Crippen molar-refractivity contribution in [3.05, 3.63) is 47.5 Å². The van der Waals surface area contributed by atoms with Crippen LogP contribution in [-0.2, 0) is 5.75 Å². The van der Waals surface area contributed by atoms with Crippen LogP contribution in [0, 0.1) is 6.92 Å². The number of hydrogen-bond donors (Lipinski definition) is 2. The highest BCUT2D eigenvalue weighted by Crippen LogP contribution is 2.12. The molecule has 0 aliphatic heterocycles. The van der Waals surface area contributed by atoms with Crippen LogP contribution in [0.25, 0.3) is 0 Å². The highest BCUT2D eigenvalue weighted by atomic mass is 32.2. The first-order chi connectivity index (χ1) is 9.08. The summed E-state index contributed by atoms with van der Waals surface area (Å²) >= 11 is 1.89. The van der Waals surface area contributed by atoms with E-state index in [0.717, 1.165) is 23.6 Å². The Bertz CT molecular complexity index is 424. The van der Waals surface area contributed by atoms with Crippen LogP contribution in [0.3, 0.4) is 0 Å². The van der Waals surface area contributed by atoms with Crippen molar-refractivity contribution in [2.24, 2.45) is 10.7 Å². The maximum atomic E-state index is 5.72. The second-order valence-electron chi connectivity index (χ2n) is 4.62. The third kappa shape index (κ3) is 7.57. The number of aliphatic imine (C=N–C) groups is 1. The minimum atomic E-state index is 0.499. The fourth-order valence-corrected chi connectivity index (χ4v) is 2.22. The van der Waals surface area contributed by atoms with Gasteiger partial charge < -0.3 is 11.1 Å². The van der Waals surface area contributed by atoms with Crippen LogP contribution in [0.15, 0.2) is 41.4 Å². The first-order valence-corrected chi connectivity index (χ1v) is 7.55. The third-order valence-corrected chi connectivity index (χ3v) is 3.49. The number of hydrogen-bond acceptors (Lipinski definition) is 2.